The molecule has 3 N–H and O–H groups in total. The van der Waals surface area contributed by atoms with Gasteiger partial charge < -0.3 is 15.5 Å². The van der Waals surface area contributed by atoms with Crippen LogP contribution in [0.4, 0.5) is 0 Å². The van der Waals surface area contributed by atoms with Crippen LogP contribution in [-0.4, -0.2) is 34.9 Å². The Morgan fingerprint density at radius 2 is 1.00 bits per heavy atom. The van der Waals surface area contributed by atoms with Gasteiger partial charge in [0.2, 0.25) is 5.91 Å². The lowest BCUT2D eigenvalue weighted by molar-refractivity contribution is -0.123. The van der Waals surface area contributed by atoms with Crippen LogP contribution in [0.2, 0.25) is 0 Å². The number of amides is 1. The van der Waals surface area contributed by atoms with Gasteiger partial charge in [-0.1, -0.05) is 134 Å². The third-order valence-electron chi connectivity index (χ3n) is 7.35. The van der Waals surface area contributed by atoms with E-state index >= 15 is 0 Å². The van der Waals surface area contributed by atoms with Crippen LogP contribution in [-0.2, 0) is 4.79 Å². The van der Waals surface area contributed by atoms with Gasteiger partial charge in [0, 0.05) is 6.42 Å². The van der Waals surface area contributed by atoms with Gasteiger partial charge in [-0.05, 0) is 57.8 Å². The summed E-state index contributed by atoms with van der Waals surface area (Å²) in [5.74, 6) is -0.0831. The maximum absolute atomic E-state index is 12.2. The molecule has 0 aromatic rings. The molecule has 39 heavy (non-hydrogen) atoms. The number of nitrogens with one attached hydrogen (secondary N) is 1. The van der Waals surface area contributed by atoms with Gasteiger partial charge in [0.05, 0.1) is 18.8 Å². The molecule has 0 aliphatic heterocycles. The number of rotatable bonds is 29. The molecule has 4 heteroatoms. The Labute approximate surface area is 242 Å². The predicted molar refractivity (Wildman–Crippen MR) is 170 cm³/mol. The minimum atomic E-state index is -0.859. The smallest absolute Gasteiger partial charge is 0.220 e. The molecule has 4 nitrogen and oxygen atoms in total. The van der Waals surface area contributed by atoms with E-state index in [0.717, 1.165) is 32.1 Å². The molecule has 0 aliphatic carbocycles. The Bertz CT molecular complexity index is 599. The highest BCUT2D eigenvalue weighted by Crippen LogP contribution is 2.12. The van der Waals surface area contributed by atoms with Crippen molar-refractivity contribution in [2.75, 3.05) is 6.61 Å². The predicted octanol–water partition coefficient (Wildman–Crippen LogP) is 9.51. The number of carbonyl (C=O) groups is 1. The summed E-state index contributed by atoms with van der Waals surface area (Å²) in [6, 6.07) is -0.636. The van der Waals surface area contributed by atoms with E-state index in [9.17, 15) is 15.0 Å². The molecule has 0 aliphatic rings. The monoisotopic (exact) mass is 547 g/mol. The van der Waals surface area contributed by atoms with Crippen molar-refractivity contribution in [1.29, 1.82) is 0 Å². The largest absolute Gasteiger partial charge is 0.394 e. The van der Waals surface area contributed by atoms with Crippen molar-refractivity contribution in [1.82, 2.24) is 5.32 Å². The summed E-state index contributed by atoms with van der Waals surface area (Å²) in [6.45, 7) is 4.23. The van der Waals surface area contributed by atoms with E-state index in [1.54, 1.807) is 6.08 Å². The fourth-order valence-electron chi connectivity index (χ4n) is 4.71. The highest BCUT2D eigenvalue weighted by atomic mass is 16.3. The molecule has 0 spiro atoms. The first-order chi connectivity index (χ1) is 19.2. The number of hydrogen-bond acceptors (Lipinski definition) is 3. The fraction of sp³-hybridized carbons (Fsp3) is 0.800. The standard InChI is InChI=1S/C35H65NO3/c1-3-5-7-9-11-13-15-16-17-18-19-20-21-23-25-27-29-31-35(39)36-33(32-37)34(38)30-28-26-24-22-14-12-10-8-6-4-2/h14,16-17,22,28,30,33-34,37-38H,3-13,15,18-21,23-27,29,31-32H2,1-2H3,(H,36,39)/b17-16-,22-14+,30-28+. The summed E-state index contributed by atoms with van der Waals surface area (Å²) in [7, 11) is 0. The quantitative estimate of drug-likeness (QED) is 0.0645. The van der Waals surface area contributed by atoms with Gasteiger partial charge in [-0.3, -0.25) is 4.79 Å². The first-order valence-corrected chi connectivity index (χ1v) is 16.7. The Morgan fingerprint density at radius 3 is 1.51 bits per heavy atom. The molecule has 2 unspecified atom stereocenters. The molecular formula is C35H65NO3. The number of unbranched alkanes of at least 4 members (excludes halogenated alkanes) is 18. The highest BCUT2D eigenvalue weighted by Gasteiger charge is 2.17. The van der Waals surface area contributed by atoms with E-state index in [1.165, 1.54) is 109 Å². The lowest BCUT2D eigenvalue weighted by Crippen LogP contribution is -2.45. The third-order valence-corrected chi connectivity index (χ3v) is 7.35. The van der Waals surface area contributed by atoms with Gasteiger partial charge >= 0.3 is 0 Å². The average molecular weight is 548 g/mol. The third kappa shape index (κ3) is 28.0. The van der Waals surface area contributed by atoms with Crippen molar-refractivity contribution in [3.05, 3.63) is 36.5 Å². The number of carbonyl (C=O) groups excluding carboxylic acids is 1. The first kappa shape index (κ1) is 37.6. The highest BCUT2D eigenvalue weighted by molar-refractivity contribution is 5.76. The van der Waals surface area contributed by atoms with E-state index in [2.05, 4.69) is 43.5 Å². The second-order valence-electron chi connectivity index (χ2n) is 11.2. The average Bonchev–Trinajstić information content (AvgIpc) is 2.94. The van der Waals surface area contributed by atoms with Gasteiger partial charge in [-0.2, -0.15) is 0 Å². The normalized spacial score (nSPS) is 13.6. The Hall–Kier alpha value is -1.39. The molecule has 0 radical (unpaired) electrons. The molecule has 2 atom stereocenters. The number of aliphatic hydroxyl groups excluding tert-OH is 2. The van der Waals surface area contributed by atoms with E-state index in [0.29, 0.717) is 6.42 Å². The molecule has 0 rings (SSSR count). The Balaban J connectivity index is 3.67. The molecule has 0 fully saturated rings. The minimum Gasteiger partial charge on any atom is -0.394 e. The van der Waals surface area contributed by atoms with Crippen molar-refractivity contribution >= 4 is 5.91 Å². The summed E-state index contributed by atoms with van der Waals surface area (Å²) >= 11 is 0. The van der Waals surface area contributed by atoms with Gasteiger partial charge in [0.1, 0.15) is 0 Å². The first-order valence-electron chi connectivity index (χ1n) is 16.7. The number of hydrogen-bond donors (Lipinski definition) is 3. The van der Waals surface area contributed by atoms with E-state index in [4.69, 9.17) is 0 Å². The van der Waals surface area contributed by atoms with Crippen LogP contribution in [0.3, 0.4) is 0 Å². The fourth-order valence-corrected chi connectivity index (χ4v) is 4.71. The minimum absolute atomic E-state index is 0.0831. The molecule has 228 valence electrons. The summed E-state index contributed by atoms with van der Waals surface area (Å²) in [5.41, 5.74) is 0. The van der Waals surface area contributed by atoms with E-state index in [1.807, 2.05) is 6.08 Å². The molecule has 0 aromatic carbocycles. The van der Waals surface area contributed by atoms with Crippen molar-refractivity contribution in [2.45, 2.75) is 174 Å². The second-order valence-corrected chi connectivity index (χ2v) is 11.2. The van der Waals surface area contributed by atoms with Crippen molar-refractivity contribution in [3.63, 3.8) is 0 Å². The molecular weight excluding hydrogens is 482 g/mol. The zero-order chi connectivity index (χ0) is 28.7. The Kier molecular flexibility index (Phi) is 30.0. The van der Waals surface area contributed by atoms with Crippen LogP contribution in [0.5, 0.6) is 0 Å². The maximum atomic E-state index is 12.2. The molecule has 1 amide bonds. The van der Waals surface area contributed by atoms with Crippen molar-refractivity contribution in [3.8, 4) is 0 Å². The number of allylic oxidation sites excluding steroid dienone is 5. The lowest BCUT2D eigenvalue weighted by atomic mass is 10.1. The van der Waals surface area contributed by atoms with Gasteiger partial charge in [-0.25, -0.2) is 0 Å². The van der Waals surface area contributed by atoms with E-state index in [-0.39, 0.29) is 12.5 Å². The molecule has 0 saturated carbocycles. The maximum Gasteiger partial charge on any atom is 0.220 e. The zero-order valence-electron chi connectivity index (χ0n) is 25.9. The van der Waals surface area contributed by atoms with Crippen molar-refractivity contribution < 1.29 is 15.0 Å². The zero-order valence-corrected chi connectivity index (χ0v) is 25.9. The second kappa shape index (κ2) is 31.1. The van der Waals surface area contributed by atoms with Gasteiger partial charge in [-0.15, -0.1) is 0 Å². The summed E-state index contributed by atoms with van der Waals surface area (Å²) in [4.78, 5) is 12.2. The van der Waals surface area contributed by atoms with Crippen LogP contribution >= 0.6 is 0 Å². The topological polar surface area (TPSA) is 69.6 Å². The Morgan fingerprint density at radius 1 is 0.590 bits per heavy atom. The van der Waals surface area contributed by atoms with Crippen molar-refractivity contribution in [2.24, 2.45) is 0 Å². The summed E-state index contributed by atoms with van der Waals surface area (Å²) in [6.07, 6.45) is 39.4. The SMILES string of the molecule is CCCCCC/C=C/CC/C=C/C(O)C(CO)NC(=O)CCCCCCCCC/C=C\CCCCCCCC. The molecule has 0 heterocycles. The molecule has 0 bridgehead atoms. The molecule has 0 aromatic heterocycles. The molecule has 0 saturated heterocycles. The number of aliphatic hydroxyl groups is 2. The lowest BCUT2D eigenvalue weighted by Gasteiger charge is -2.19. The van der Waals surface area contributed by atoms with Gasteiger partial charge in [0.25, 0.3) is 0 Å². The van der Waals surface area contributed by atoms with Crippen LogP contribution in [0.1, 0.15) is 162 Å². The summed E-state index contributed by atoms with van der Waals surface area (Å²) in [5, 5.41) is 22.7. The van der Waals surface area contributed by atoms with Crippen LogP contribution in [0.15, 0.2) is 36.5 Å². The summed E-state index contributed by atoms with van der Waals surface area (Å²) < 4.78 is 0. The van der Waals surface area contributed by atoms with E-state index < -0.39 is 12.1 Å². The van der Waals surface area contributed by atoms with Crippen LogP contribution < -0.4 is 5.32 Å². The van der Waals surface area contributed by atoms with Gasteiger partial charge in [0.15, 0.2) is 0 Å². The van der Waals surface area contributed by atoms with Crippen LogP contribution in [0, 0.1) is 0 Å². The van der Waals surface area contributed by atoms with Crippen LogP contribution in [0.25, 0.3) is 0 Å².